The van der Waals surface area contributed by atoms with Crippen molar-refractivity contribution in [1.82, 2.24) is 9.80 Å². The highest BCUT2D eigenvalue weighted by molar-refractivity contribution is 5.76. The van der Waals surface area contributed by atoms with E-state index in [0.29, 0.717) is 13.0 Å². The van der Waals surface area contributed by atoms with Gasteiger partial charge in [0.15, 0.2) is 0 Å². The fraction of sp³-hybridized carbons (Fsp3) is 0.350. The van der Waals surface area contributed by atoms with E-state index in [2.05, 4.69) is 29.2 Å². The van der Waals surface area contributed by atoms with Gasteiger partial charge < -0.3 is 9.64 Å². The van der Waals surface area contributed by atoms with Crippen molar-refractivity contribution in [3.8, 4) is 5.75 Å². The Labute approximate surface area is 143 Å². The number of amides is 1. The lowest BCUT2D eigenvalue weighted by molar-refractivity contribution is -0.130. The SMILES string of the molecule is COc1ccc(CN2CCN(Cc3ccccc3)CCC2=O)cc1. The first kappa shape index (κ1) is 16.5. The summed E-state index contributed by atoms with van der Waals surface area (Å²) in [5.41, 5.74) is 2.44. The van der Waals surface area contributed by atoms with Crippen LogP contribution in [-0.2, 0) is 17.9 Å². The molecule has 1 fully saturated rings. The van der Waals surface area contributed by atoms with Crippen LogP contribution < -0.4 is 4.74 Å². The third-order valence-electron chi connectivity index (χ3n) is 4.46. The number of hydrogen-bond donors (Lipinski definition) is 0. The zero-order chi connectivity index (χ0) is 16.8. The topological polar surface area (TPSA) is 32.8 Å². The Morgan fingerprint density at radius 2 is 1.58 bits per heavy atom. The lowest BCUT2D eigenvalue weighted by Crippen LogP contribution is -2.32. The highest BCUT2D eigenvalue weighted by Gasteiger charge is 2.21. The van der Waals surface area contributed by atoms with Crippen LogP contribution in [0.15, 0.2) is 54.6 Å². The molecule has 0 aromatic heterocycles. The van der Waals surface area contributed by atoms with Crippen LogP contribution in [0.2, 0.25) is 0 Å². The summed E-state index contributed by atoms with van der Waals surface area (Å²) < 4.78 is 5.18. The van der Waals surface area contributed by atoms with Gasteiger partial charge in [-0.1, -0.05) is 42.5 Å². The normalized spacial score (nSPS) is 16.0. The average Bonchev–Trinajstić information content (AvgIpc) is 2.79. The molecule has 0 spiro atoms. The van der Waals surface area contributed by atoms with Gasteiger partial charge in [-0.25, -0.2) is 0 Å². The van der Waals surface area contributed by atoms with Gasteiger partial charge in [0.25, 0.3) is 0 Å². The Morgan fingerprint density at radius 3 is 2.29 bits per heavy atom. The number of rotatable bonds is 5. The van der Waals surface area contributed by atoms with Crippen molar-refractivity contribution in [1.29, 1.82) is 0 Å². The van der Waals surface area contributed by atoms with Crippen LogP contribution in [0.3, 0.4) is 0 Å². The van der Waals surface area contributed by atoms with E-state index in [0.717, 1.165) is 37.5 Å². The van der Waals surface area contributed by atoms with Crippen LogP contribution in [0.4, 0.5) is 0 Å². The summed E-state index contributed by atoms with van der Waals surface area (Å²) in [6.07, 6.45) is 0.586. The van der Waals surface area contributed by atoms with E-state index in [9.17, 15) is 4.79 Å². The van der Waals surface area contributed by atoms with Crippen molar-refractivity contribution in [3.05, 3.63) is 65.7 Å². The van der Waals surface area contributed by atoms with Crippen molar-refractivity contribution >= 4 is 5.91 Å². The minimum Gasteiger partial charge on any atom is -0.497 e. The fourth-order valence-corrected chi connectivity index (χ4v) is 3.03. The summed E-state index contributed by atoms with van der Waals surface area (Å²) in [5.74, 6) is 1.08. The Balaban J connectivity index is 1.58. The quantitative estimate of drug-likeness (QED) is 0.848. The van der Waals surface area contributed by atoms with Gasteiger partial charge in [0.1, 0.15) is 5.75 Å². The first-order valence-electron chi connectivity index (χ1n) is 8.41. The van der Waals surface area contributed by atoms with Gasteiger partial charge in [0.05, 0.1) is 7.11 Å². The number of carbonyl (C=O) groups excluding carboxylic acids is 1. The van der Waals surface area contributed by atoms with E-state index >= 15 is 0 Å². The van der Waals surface area contributed by atoms with Crippen LogP contribution in [0.1, 0.15) is 17.5 Å². The van der Waals surface area contributed by atoms with Crippen molar-refractivity contribution < 1.29 is 9.53 Å². The van der Waals surface area contributed by atoms with Crippen LogP contribution in [0, 0.1) is 0 Å². The molecule has 1 saturated heterocycles. The third kappa shape index (κ3) is 4.36. The van der Waals surface area contributed by atoms with Gasteiger partial charge in [0, 0.05) is 39.1 Å². The lowest BCUT2D eigenvalue weighted by atomic mass is 10.2. The second-order valence-corrected chi connectivity index (χ2v) is 6.18. The molecule has 3 rings (SSSR count). The molecule has 24 heavy (non-hydrogen) atoms. The summed E-state index contributed by atoms with van der Waals surface area (Å²) in [7, 11) is 1.66. The van der Waals surface area contributed by atoms with E-state index < -0.39 is 0 Å². The number of ether oxygens (including phenoxy) is 1. The van der Waals surface area contributed by atoms with E-state index in [4.69, 9.17) is 4.74 Å². The van der Waals surface area contributed by atoms with Crippen molar-refractivity contribution in [3.63, 3.8) is 0 Å². The largest absolute Gasteiger partial charge is 0.497 e. The number of benzene rings is 2. The third-order valence-corrected chi connectivity index (χ3v) is 4.46. The molecule has 0 bridgehead atoms. The van der Waals surface area contributed by atoms with E-state index in [1.807, 2.05) is 35.2 Å². The summed E-state index contributed by atoms with van der Waals surface area (Å²) in [6.45, 7) is 4.09. The van der Waals surface area contributed by atoms with Gasteiger partial charge in [-0.05, 0) is 23.3 Å². The summed E-state index contributed by atoms with van der Waals surface area (Å²) >= 11 is 0. The Hall–Kier alpha value is -2.33. The zero-order valence-corrected chi connectivity index (χ0v) is 14.1. The second-order valence-electron chi connectivity index (χ2n) is 6.18. The molecule has 1 heterocycles. The number of carbonyl (C=O) groups is 1. The Kier molecular flexibility index (Phi) is 5.49. The van der Waals surface area contributed by atoms with Crippen molar-refractivity contribution in [2.24, 2.45) is 0 Å². The van der Waals surface area contributed by atoms with Gasteiger partial charge in [0.2, 0.25) is 5.91 Å². The Morgan fingerprint density at radius 1 is 0.875 bits per heavy atom. The number of hydrogen-bond acceptors (Lipinski definition) is 3. The standard InChI is InChI=1S/C20H24N2O2/c1-24-19-9-7-18(8-10-19)16-22-14-13-21(12-11-20(22)23)15-17-5-3-2-4-6-17/h2-10H,11-16H2,1H3. The lowest BCUT2D eigenvalue weighted by Gasteiger charge is -2.22. The molecular weight excluding hydrogens is 300 g/mol. The van der Waals surface area contributed by atoms with Gasteiger partial charge in [-0.15, -0.1) is 0 Å². The molecule has 2 aromatic carbocycles. The molecule has 0 unspecified atom stereocenters. The maximum absolute atomic E-state index is 12.4. The predicted octanol–water partition coefficient (Wildman–Crippen LogP) is 2.93. The van der Waals surface area contributed by atoms with E-state index in [-0.39, 0.29) is 5.91 Å². The van der Waals surface area contributed by atoms with Crippen LogP contribution >= 0.6 is 0 Å². The molecule has 0 N–H and O–H groups in total. The van der Waals surface area contributed by atoms with Gasteiger partial charge in [-0.2, -0.15) is 0 Å². The first-order valence-corrected chi connectivity index (χ1v) is 8.41. The van der Waals surface area contributed by atoms with Gasteiger partial charge in [-0.3, -0.25) is 9.69 Å². The monoisotopic (exact) mass is 324 g/mol. The molecule has 1 aliphatic heterocycles. The molecular formula is C20H24N2O2. The molecule has 1 aliphatic rings. The molecule has 0 atom stereocenters. The molecule has 2 aromatic rings. The molecule has 0 saturated carbocycles. The maximum atomic E-state index is 12.4. The van der Waals surface area contributed by atoms with Crippen LogP contribution in [-0.4, -0.2) is 42.5 Å². The van der Waals surface area contributed by atoms with Crippen LogP contribution in [0.25, 0.3) is 0 Å². The van der Waals surface area contributed by atoms with E-state index in [1.54, 1.807) is 7.11 Å². The second kappa shape index (κ2) is 7.97. The number of methoxy groups -OCH3 is 1. The molecule has 4 heteroatoms. The smallest absolute Gasteiger partial charge is 0.224 e. The molecule has 4 nitrogen and oxygen atoms in total. The highest BCUT2D eigenvalue weighted by Crippen LogP contribution is 2.15. The fourth-order valence-electron chi connectivity index (χ4n) is 3.03. The zero-order valence-electron chi connectivity index (χ0n) is 14.1. The summed E-state index contributed by atoms with van der Waals surface area (Å²) in [5, 5.41) is 0. The van der Waals surface area contributed by atoms with Gasteiger partial charge >= 0.3 is 0 Å². The minimum atomic E-state index is 0.237. The van der Waals surface area contributed by atoms with Crippen LogP contribution in [0.5, 0.6) is 5.75 Å². The average molecular weight is 324 g/mol. The highest BCUT2D eigenvalue weighted by atomic mass is 16.5. The Bertz CT molecular complexity index is 655. The maximum Gasteiger partial charge on any atom is 0.224 e. The molecule has 0 aliphatic carbocycles. The van der Waals surface area contributed by atoms with E-state index in [1.165, 1.54) is 5.56 Å². The minimum absolute atomic E-state index is 0.237. The summed E-state index contributed by atoms with van der Waals surface area (Å²) in [6, 6.07) is 18.4. The molecule has 126 valence electrons. The predicted molar refractivity (Wildman–Crippen MR) is 94.7 cm³/mol. The first-order chi connectivity index (χ1) is 11.7. The molecule has 1 amide bonds. The summed E-state index contributed by atoms with van der Waals surface area (Å²) in [4.78, 5) is 16.7. The molecule has 0 radical (unpaired) electrons. The number of nitrogens with zero attached hydrogens (tertiary/aromatic N) is 2. The van der Waals surface area contributed by atoms with Crippen molar-refractivity contribution in [2.75, 3.05) is 26.7 Å². The van der Waals surface area contributed by atoms with Crippen molar-refractivity contribution in [2.45, 2.75) is 19.5 Å².